The van der Waals surface area contributed by atoms with Gasteiger partial charge in [-0.25, -0.2) is 0 Å². The van der Waals surface area contributed by atoms with E-state index >= 15 is 0 Å². The third-order valence-electron chi connectivity index (χ3n) is 6.41. The summed E-state index contributed by atoms with van der Waals surface area (Å²) in [6.45, 7) is 1.78. The van der Waals surface area contributed by atoms with E-state index in [4.69, 9.17) is 4.74 Å². The minimum atomic E-state index is -0.893. The SMILES string of the molecule is C[C@]12C[C@@H](c3ccccc3)C[C@](CO)(CC[C@@H](NC(=O)c3ccccn3)[C@@H]1O)O2. The van der Waals surface area contributed by atoms with Crippen LogP contribution < -0.4 is 5.32 Å². The summed E-state index contributed by atoms with van der Waals surface area (Å²) in [7, 11) is 0. The topological polar surface area (TPSA) is 91.7 Å². The molecule has 3 N–H and O–H groups in total. The van der Waals surface area contributed by atoms with Crippen molar-refractivity contribution in [1.82, 2.24) is 10.3 Å². The van der Waals surface area contributed by atoms with Crippen LogP contribution in [-0.2, 0) is 4.74 Å². The quantitative estimate of drug-likeness (QED) is 0.738. The lowest BCUT2D eigenvalue weighted by Gasteiger charge is -2.49. The molecular formula is C23H28N2O4. The minimum absolute atomic E-state index is 0.112. The number of amides is 1. The van der Waals surface area contributed by atoms with Gasteiger partial charge in [-0.3, -0.25) is 9.78 Å². The highest BCUT2D eigenvalue weighted by atomic mass is 16.5. The summed E-state index contributed by atoms with van der Waals surface area (Å²) in [4.78, 5) is 16.7. The molecule has 1 aromatic heterocycles. The smallest absolute Gasteiger partial charge is 0.270 e. The number of aliphatic hydroxyl groups is 2. The highest BCUT2D eigenvalue weighted by Gasteiger charge is 2.54. The summed E-state index contributed by atoms with van der Waals surface area (Å²) in [5.41, 5.74) is -0.0982. The number of hydrogen-bond donors (Lipinski definition) is 3. The maximum Gasteiger partial charge on any atom is 0.270 e. The van der Waals surface area contributed by atoms with Crippen molar-refractivity contribution in [1.29, 1.82) is 0 Å². The number of hydrogen-bond acceptors (Lipinski definition) is 5. The molecule has 6 nitrogen and oxygen atoms in total. The van der Waals surface area contributed by atoms with E-state index in [-0.39, 0.29) is 18.4 Å². The molecule has 0 unspecified atom stereocenters. The highest BCUT2D eigenvalue weighted by Crippen LogP contribution is 2.49. The van der Waals surface area contributed by atoms with Crippen LogP contribution in [0.1, 0.15) is 54.6 Å². The summed E-state index contributed by atoms with van der Waals surface area (Å²) < 4.78 is 6.39. The van der Waals surface area contributed by atoms with E-state index in [1.165, 1.54) is 5.56 Å². The monoisotopic (exact) mass is 396 g/mol. The van der Waals surface area contributed by atoms with Crippen LogP contribution in [0.5, 0.6) is 0 Å². The normalized spacial score (nSPS) is 34.2. The van der Waals surface area contributed by atoms with Gasteiger partial charge in [-0.1, -0.05) is 36.4 Å². The van der Waals surface area contributed by atoms with E-state index in [2.05, 4.69) is 22.4 Å². The van der Waals surface area contributed by atoms with Crippen molar-refractivity contribution in [3.63, 3.8) is 0 Å². The van der Waals surface area contributed by atoms with Gasteiger partial charge in [0.15, 0.2) is 0 Å². The first-order valence-electron chi connectivity index (χ1n) is 10.2. The van der Waals surface area contributed by atoms with Gasteiger partial charge in [0.25, 0.3) is 5.91 Å². The molecule has 2 fully saturated rings. The predicted molar refractivity (Wildman–Crippen MR) is 108 cm³/mol. The Hall–Kier alpha value is -2.28. The van der Waals surface area contributed by atoms with Crippen LogP contribution in [-0.4, -0.2) is 51.1 Å². The summed E-state index contributed by atoms with van der Waals surface area (Å²) in [5, 5.41) is 24.4. The molecule has 0 saturated carbocycles. The van der Waals surface area contributed by atoms with Gasteiger partial charge < -0.3 is 20.3 Å². The molecule has 1 aromatic carbocycles. The Kier molecular flexibility index (Phi) is 5.42. The van der Waals surface area contributed by atoms with Crippen LogP contribution in [0.3, 0.4) is 0 Å². The molecule has 0 radical (unpaired) electrons. The van der Waals surface area contributed by atoms with Crippen LogP contribution >= 0.6 is 0 Å². The van der Waals surface area contributed by atoms with Gasteiger partial charge in [0, 0.05) is 6.20 Å². The molecule has 2 aliphatic rings. The van der Waals surface area contributed by atoms with Gasteiger partial charge in [0.2, 0.25) is 0 Å². The van der Waals surface area contributed by atoms with Crippen molar-refractivity contribution in [2.24, 2.45) is 0 Å². The molecular weight excluding hydrogens is 368 g/mol. The number of ether oxygens (including phenoxy) is 1. The average molecular weight is 396 g/mol. The molecule has 4 rings (SSSR count). The van der Waals surface area contributed by atoms with Crippen molar-refractivity contribution in [2.75, 3.05) is 6.61 Å². The van der Waals surface area contributed by atoms with E-state index in [1.54, 1.807) is 24.4 Å². The number of pyridine rings is 1. The lowest BCUT2D eigenvalue weighted by molar-refractivity contribution is -0.230. The van der Waals surface area contributed by atoms with Crippen molar-refractivity contribution >= 4 is 5.91 Å². The number of carbonyl (C=O) groups excluding carboxylic acids is 1. The molecule has 2 aromatic rings. The molecule has 1 amide bonds. The number of carbonyl (C=O) groups is 1. The van der Waals surface area contributed by atoms with Crippen LogP contribution in [0.15, 0.2) is 54.7 Å². The Balaban J connectivity index is 1.60. The number of aromatic nitrogens is 1. The summed E-state index contributed by atoms with van der Waals surface area (Å²) >= 11 is 0. The van der Waals surface area contributed by atoms with Gasteiger partial charge in [-0.15, -0.1) is 0 Å². The molecule has 0 spiro atoms. The molecule has 5 atom stereocenters. The number of rotatable bonds is 4. The van der Waals surface area contributed by atoms with Crippen LogP contribution in [0.2, 0.25) is 0 Å². The molecule has 154 valence electrons. The first-order valence-corrected chi connectivity index (χ1v) is 10.2. The van der Waals surface area contributed by atoms with Crippen LogP contribution in [0, 0.1) is 0 Å². The second-order valence-electron chi connectivity index (χ2n) is 8.55. The largest absolute Gasteiger partial charge is 0.393 e. The molecule has 6 heteroatoms. The zero-order valence-electron chi connectivity index (χ0n) is 16.6. The fraction of sp³-hybridized carbons (Fsp3) is 0.478. The Morgan fingerprint density at radius 2 is 1.97 bits per heavy atom. The van der Waals surface area contributed by atoms with Crippen LogP contribution in [0.4, 0.5) is 0 Å². The molecule has 29 heavy (non-hydrogen) atoms. The summed E-state index contributed by atoms with van der Waals surface area (Å²) in [6.07, 6.45) is 3.08. The third-order valence-corrected chi connectivity index (χ3v) is 6.41. The lowest BCUT2D eigenvalue weighted by Crippen LogP contribution is -2.58. The Labute approximate surface area is 170 Å². The van der Waals surface area contributed by atoms with Crippen molar-refractivity contribution in [2.45, 2.75) is 61.9 Å². The highest BCUT2D eigenvalue weighted by molar-refractivity contribution is 5.92. The minimum Gasteiger partial charge on any atom is -0.393 e. The number of aliphatic hydroxyl groups excluding tert-OH is 2. The van der Waals surface area contributed by atoms with Crippen molar-refractivity contribution < 1.29 is 19.7 Å². The van der Waals surface area contributed by atoms with E-state index in [9.17, 15) is 15.0 Å². The number of nitrogens with one attached hydrogen (secondary N) is 1. The molecule has 2 aliphatic heterocycles. The Morgan fingerprint density at radius 3 is 2.66 bits per heavy atom. The number of benzene rings is 1. The average Bonchev–Trinajstić information content (AvgIpc) is 2.83. The number of fused-ring (bicyclic) bond motifs is 2. The second-order valence-corrected chi connectivity index (χ2v) is 8.55. The van der Waals surface area contributed by atoms with E-state index < -0.39 is 23.3 Å². The third kappa shape index (κ3) is 3.92. The van der Waals surface area contributed by atoms with Crippen molar-refractivity contribution in [3.8, 4) is 0 Å². The molecule has 0 aliphatic carbocycles. The zero-order chi connectivity index (χ0) is 20.5. The van der Waals surface area contributed by atoms with Gasteiger partial charge in [-0.2, -0.15) is 0 Å². The fourth-order valence-corrected chi connectivity index (χ4v) is 4.95. The molecule has 2 bridgehead atoms. The standard InChI is InChI=1S/C23H28N2O4/c1-22-13-17(16-7-3-2-4-8-16)14-23(15-26,29-22)11-10-18(20(22)27)25-21(28)19-9-5-6-12-24-19/h2-9,12,17-18,20,26-27H,10-11,13-15H2,1H3,(H,25,28)/t17-,18-,20+,22+,23+/m1/s1. The predicted octanol–water partition coefficient (Wildman–Crippen LogP) is 2.42. The van der Waals surface area contributed by atoms with Crippen molar-refractivity contribution in [3.05, 3.63) is 66.0 Å². The summed E-state index contributed by atoms with van der Waals surface area (Å²) in [5.74, 6) is -0.144. The van der Waals surface area contributed by atoms with Gasteiger partial charge in [0.05, 0.1) is 23.9 Å². The van der Waals surface area contributed by atoms with Gasteiger partial charge in [0.1, 0.15) is 11.8 Å². The first-order chi connectivity index (χ1) is 13.9. The second kappa shape index (κ2) is 7.86. The van der Waals surface area contributed by atoms with Gasteiger partial charge in [-0.05, 0) is 56.2 Å². The van der Waals surface area contributed by atoms with E-state index in [0.717, 1.165) is 0 Å². The van der Waals surface area contributed by atoms with Gasteiger partial charge >= 0.3 is 0 Å². The Bertz CT molecular complexity index is 846. The Morgan fingerprint density at radius 1 is 1.21 bits per heavy atom. The first kappa shape index (κ1) is 20.0. The number of nitrogens with zero attached hydrogens (tertiary/aromatic N) is 1. The fourth-order valence-electron chi connectivity index (χ4n) is 4.95. The molecule has 2 saturated heterocycles. The van der Waals surface area contributed by atoms with E-state index in [0.29, 0.717) is 31.4 Å². The zero-order valence-corrected chi connectivity index (χ0v) is 16.6. The lowest BCUT2D eigenvalue weighted by atomic mass is 9.74. The maximum absolute atomic E-state index is 12.6. The summed E-state index contributed by atoms with van der Waals surface area (Å²) in [6, 6.07) is 14.9. The maximum atomic E-state index is 12.6. The van der Waals surface area contributed by atoms with E-state index in [1.807, 2.05) is 25.1 Å². The van der Waals surface area contributed by atoms with Crippen LogP contribution in [0.25, 0.3) is 0 Å². The molecule has 3 heterocycles.